The Kier molecular flexibility index (Phi) is 8.06. The van der Waals surface area contributed by atoms with Gasteiger partial charge in [0, 0.05) is 31.8 Å². The fourth-order valence-corrected chi connectivity index (χ4v) is 5.18. The molecule has 2 aliphatic rings. The van der Waals surface area contributed by atoms with Gasteiger partial charge in [0.2, 0.25) is 5.91 Å². The second kappa shape index (κ2) is 11.4. The SMILES string of the molecule is CC(CCC(=O)O)CNC(=O)CC1CC(CNC(=O)OCC2c3ccccc3-c3ccccc32)C1. The van der Waals surface area contributed by atoms with Crippen LogP contribution in [0.15, 0.2) is 48.5 Å². The number of amides is 2. The van der Waals surface area contributed by atoms with Crippen LogP contribution in [-0.2, 0) is 14.3 Å². The molecule has 2 amide bonds. The molecule has 1 fully saturated rings. The van der Waals surface area contributed by atoms with Crippen molar-refractivity contribution < 1.29 is 24.2 Å². The minimum absolute atomic E-state index is 0.0140. The van der Waals surface area contributed by atoms with Gasteiger partial charge >= 0.3 is 12.1 Å². The van der Waals surface area contributed by atoms with Gasteiger partial charge in [-0.3, -0.25) is 9.59 Å². The highest BCUT2D eigenvalue weighted by atomic mass is 16.5. The van der Waals surface area contributed by atoms with Crippen molar-refractivity contribution in [1.29, 1.82) is 0 Å². The van der Waals surface area contributed by atoms with Gasteiger partial charge in [-0.2, -0.15) is 0 Å². The summed E-state index contributed by atoms with van der Waals surface area (Å²) in [7, 11) is 0. The predicted molar refractivity (Wildman–Crippen MR) is 133 cm³/mol. The van der Waals surface area contributed by atoms with Crippen LogP contribution < -0.4 is 10.6 Å². The molecule has 0 saturated heterocycles. The molecule has 35 heavy (non-hydrogen) atoms. The number of aliphatic carboxylic acids is 1. The van der Waals surface area contributed by atoms with Gasteiger partial charge in [0.1, 0.15) is 6.61 Å². The third kappa shape index (κ3) is 6.41. The van der Waals surface area contributed by atoms with Gasteiger partial charge in [-0.15, -0.1) is 0 Å². The monoisotopic (exact) mass is 478 g/mol. The normalized spacial score (nSPS) is 19.1. The molecule has 0 aromatic heterocycles. The first-order valence-electron chi connectivity index (χ1n) is 12.5. The Balaban J connectivity index is 1.12. The topological polar surface area (TPSA) is 105 Å². The maximum absolute atomic E-state index is 12.3. The van der Waals surface area contributed by atoms with Gasteiger partial charge in [0.05, 0.1) is 0 Å². The number of hydrogen-bond acceptors (Lipinski definition) is 4. The van der Waals surface area contributed by atoms with Crippen LogP contribution in [0.1, 0.15) is 56.1 Å². The summed E-state index contributed by atoms with van der Waals surface area (Å²) in [5.74, 6) is 0.0918. The van der Waals surface area contributed by atoms with E-state index in [9.17, 15) is 14.4 Å². The molecule has 0 radical (unpaired) electrons. The average molecular weight is 479 g/mol. The van der Waals surface area contributed by atoms with Crippen molar-refractivity contribution in [3.05, 3.63) is 59.7 Å². The van der Waals surface area contributed by atoms with E-state index in [1.807, 2.05) is 31.2 Å². The van der Waals surface area contributed by atoms with Gasteiger partial charge in [-0.1, -0.05) is 55.5 Å². The lowest BCUT2D eigenvalue weighted by Gasteiger charge is -2.35. The number of fused-ring (bicyclic) bond motifs is 3. The van der Waals surface area contributed by atoms with Crippen molar-refractivity contribution in [3.63, 3.8) is 0 Å². The fourth-order valence-electron chi connectivity index (χ4n) is 5.18. The summed E-state index contributed by atoms with van der Waals surface area (Å²) in [5, 5.41) is 14.5. The lowest BCUT2D eigenvalue weighted by Crippen LogP contribution is -2.39. The molecule has 2 aliphatic carbocycles. The molecule has 3 N–H and O–H groups in total. The fraction of sp³-hybridized carbons (Fsp3) is 0.464. The van der Waals surface area contributed by atoms with Crippen molar-refractivity contribution in [1.82, 2.24) is 10.6 Å². The zero-order chi connectivity index (χ0) is 24.8. The summed E-state index contributed by atoms with van der Waals surface area (Å²) < 4.78 is 5.59. The third-order valence-corrected chi connectivity index (χ3v) is 7.18. The van der Waals surface area contributed by atoms with Crippen molar-refractivity contribution in [2.45, 2.75) is 44.9 Å². The van der Waals surface area contributed by atoms with Crippen LogP contribution in [-0.4, -0.2) is 42.8 Å². The van der Waals surface area contributed by atoms with E-state index in [-0.39, 0.29) is 24.2 Å². The van der Waals surface area contributed by atoms with E-state index in [4.69, 9.17) is 9.84 Å². The zero-order valence-electron chi connectivity index (χ0n) is 20.2. The average Bonchev–Trinajstić information content (AvgIpc) is 3.15. The molecule has 2 aromatic rings. The molecule has 0 bridgehead atoms. The third-order valence-electron chi connectivity index (χ3n) is 7.18. The summed E-state index contributed by atoms with van der Waals surface area (Å²) in [4.78, 5) is 35.1. The van der Waals surface area contributed by atoms with Crippen LogP contribution >= 0.6 is 0 Å². The second-order valence-corrected chi connectivity index (χ2v) is 9.96. The maximum Gasteiger partial charge on any atom is 0.407 e. The Morgan fingerprint density at radius 3 is 2.23 bits per heavy atom. The highest BCUT2D eigenvalue weighted by Crippen LogP contribution is 2.44. The molecule has 1 unspecified atom stereocenters. The van der Waals surface area contributed by atoms with Gasteiger partial charge in [-0.05, 0) is 59.3 Å². The van der Waals surface area contributed by atoms with E-state index in [0.717, 1.165) is 12.8 Å². The molecule has 7 heteroatoms. The molecule has 7 nitrogen and oxygen atoms in total. The van der Waals surface area contributed by atoms with Crippen molar-refractivity contribution >= 4 is 18.0 Å². The van der Waals surface area contributed by atoms with E-state index in [0.29, 0.717) is 44.4 Å². The Hall–Kier alpha value is -3.35. The van der Waals surface area contributed by atoms with E-state index in [1.54, 1.807) is 0 Å². The first-order chi connectivity index (χ1) is 16.9. The number of nitrogens with one attached hydrogen (secondary N) is 2. The molecular weight excluding hydrogens is 444 g/mol. The number of ether oxygens (including phenoxy) is 1. The van der Waals surface area contributed by atoms with Crippen molar-refractivity contribution in [2.24, 2.45) is 17.8 Å². The van der Waals surface area contributed by atoms with Gasteiger partial charge in [0.25, 0.3) is 0 Å². The summed E-state index contributed by atoms with van der Waals surface area (Å²) in [6.07, 6.45) is 2.58. The van der Waals surface area contributed by atoms with E-state index >= 15 is 0 Å². The minimum Gasteiger partial charge on any atom is -0.481 e. The smallest absolute Gasteiger partial charge is 0.407 e. The molecular formula is C28H34N2O5. The number of carboxylic acids is 1. The van der Waals surface area contributed by atoms with Crippen LogP contribution in [0.3, 0.4) is 0 Å². The van der Waals surface area contributed by atoms with Gasteiger partial charge in [-0.25, -0.2) is 4.79 Å². The number of carbonyl (C=O) groups is 3. The van der Waals surface area contributed by atoms with Crippen LogP contribution in [0, 0.1) is 17.8 Å². The first kappa shape index (κ1) is 24.8. The maximum atomic E-state index is 12.3. The van der Waals surface area contributed by atoms with Gasteiger partial charge < -0.3 is 20.5 Å². The summed E-state index contributed by atoms with van der Waals surface area (Å²) in [6.45, 7) is 3.31. The van der Waals surface area contributed by atoms with Crippen LogP contribution in [0.25, 0.3) is 11.1 Å². The Bertz CT molecular complexity index is 1020. The second-order valence-electron chi connectivity index (χ2n) is 9.96. The van der Waals surface area contributed by atoms with E-state index in [2.05, 4.69) is 34.9 Å². The molecule has 4 rings (SSSR count). The van der Waals surface area contributed by atoms with Crippen molar-refractivity contribution in [2.75, 3.05) is 19.7 Å². The number of rotatable bonds is 11. The van der Waals surface area contributed by atoms with Crippen LogP contribution in [0.4, 0.5) is 4.79 Å². The lowest BCUT2D eigenvalue weighted by atomic mass is 9.73. The highest BCUT2D eigenvalue weighted by Gasteiger charge is 2.32. The summed E-state index contributed by atoms with van der Waals surface area (Å²) >= 11 is 0. The Morgan fingerprint density at radius 1 is 0.971 bits per heavy atom. The molecule has 0 spiro atoms. The molecule has 0 aliphatic heterocycles. The first-order valence-corrected chi connectivity index (χ1v) is 12.5. The summed E-state index contributed by atoms with van der Waals surface area (Å²) in [6, 6.07) is 16.5. The standard InChI is InChI=1S/C28H34N2O5/c1-18(10-11-27(32)33)15-29-26(31)14-19-12-20(13-19)16-30-28(34)35-17-25-23-8-4-2-6-21(23)22-7-3-5-9-24(22)25/h2-9,18-20,25H,10-17H2,1H3,(H,29,31)(H,30,34)(H,32,33). The molecule has 1 atom stereocenters. The summed E-state index contributed by atoms with van der Waals surface area (Å²) in [5.41, 5.74) is 4.79. The largest absolute Gasteiger partial charge is 0.481 e. The molecule has 186 valence electrons. The highest BCUT2D eigenvalue weighted by molar-refractivity contribution is 5.79. The lowest BCUT2D eigenvalue weighted by molar-refractivity contribution is -0.137. The molecule has 2 aromatic carbocycles. The molecule has 0 heterocycles. The van der Waals surface area contributed by atoms with E-state index < -0.39 is 12.1 Å². The quantitative estimate of drug-likeness (QED) is 0.439. The number of carboxylic acid groups (broad SMARTS) is 1. The zero-order valence-corrected chi connectivity index (χ0v) is 20.2. The number of alkyl carbamates (subject to hydrolysis) is 1. The number of carbonyl (C=O) groups excluding carboxylic acids is 2. The van der Waals surface area contributed by atoms with Crippen molar-refractivity contribution in [3.8, 4) is 11.1 Å². The Morgan fingerprint density at radius 2 is 1.60 bits per heavy atom. The number of benzene rings is 2. The predicted octanol–water partition coefficient (Wildman–Crippen LogP) is 4.56. The number of hydrogen-bond donors (Lipinski definition) is 3. The molecule has 1 saturated carbocycles. The van der Waals surface area contributed by atoms with E-state index in [1.165, 1.54) is 22.3 Å². The van der Waals surface area contributed by atoms with Crippen LogP contribution in [0.5, 0.6) is 0 Å². The Labute approximate surface area is 206 Å². The van der Waals surface area contributed by atoms with Crippen LogP contribution in [0.2, 0.25) is 0 Å². The van der Waals surface area contributed by atoms with Gasteiger partial charge in [0.15, 0.2) is 0 Å². The minimum atomic E-state index is -0.810.